The topological polar surface area (TPSA) is 38.0 Å². The van der Waals surface area contributed by atoms with Gasteiger partial charge < -0.3 is 0 Å². The first-order chi connectivity index (χ1) is 10.0. The highest BCUT2D eigenvalue weighted by molar-refractivity contribution is 7.99. The normalized spacial score (nSPS) is 12.4. The van der Waals surface area contributed by atoms with Gasteiger partial charge in [0.25, 0.3) is 0 Å². The monoisotopic (exact) mass is 308 g/mol. The molecule has 21 heavy (non-hydrogen) atoms. The Bertz CT molecular complexity index is 608. The van der Waals surface area contributed by atoms with E-state index >= 15 is 0 Å². The summed E-state index contributed by atoms with van der Waals surface area (Å²) in [5.41, 5.74) is 4.86. The maximum Gasteiger partial charge on any atom is 0.136 e. The van der Waals surface area contributed by atoms with E-state index in [-0.39, 0.29) is 17.7 Å². The van der Waals surface area contributed by atoms with Gasteiger partial charge in [0.15, 0.2) is 0 Å². The summed E-state index contributed by atoms with van der Waals surface area (Å²) in [5.74, 6) is 5.44. The largest absolute Gasteiger partial charge is 0.271 e. The van der Waals surface area contributed by atoms with E-state index in [1.807, 2.05) is 19.9 Å². The first-order valence-corrected chi connectivity index (χ1v) is 7.61. The predicted molar refractivity (Wildman–Crippen MR) is 83.1 cm³/mol. The second-order valence-electron chi connectivity index (χ2n) is 4.94. The molecule has 1 atom stereocenters. The summed E-state index contributed by atoms with van der Waals surface area (Å²) < 4.78 is 27.8. The Morgan fingerprint density at radius 3 is 2.48 bits per heavy atom. The van der Waals surface area contributed by atoms with Crippen LogP contribution in [0.25, 0.3) is 0 Å². The van der Waals surface area contributed by atoms with E-state index in [0.29, 0.717) is 16.2 Å². The molecule has 5 heteroatoms. The van der Waals surface area contributed by atoms with Crippen LogP contribution in [0.3, 0.4) is 0 Å². The van der Waals surface area contributed by atoms with E-state index in [2.05, 4.69) is 5.43 Å². The van der Waals surface area contributed by atoms with Gasteiger partial charge in [-0.25, -0.2) is 8.78 Å². The molecule has 2 aromatic carbocycles. The van der Waals surface area contributed by atoms with Crippen LogP contribution >= 0.6 is 11.8 Å². The molecule has 0 amide bonds. The Kier molecular flexibility index (Phi) is 5.33. The first-order valence-electron chi connectivity index (χ1n) is 6.63. The van der Waals surface area contributed by atoms with Gasteiger partial charge in [-0.15, -0.1) is 11.8 Å². The summed E-state index contributed by atoms with van der Waals surface area (Å²) in [6.07, 6.45) is 0. The average molecular weight is 308 g/mol. The summed E-state index contributed by atoms with van der Waals surface area (Å²) in [5, 5.41) is 0. The smallest absolute Gasteiger partial charge is 0.136 e. The van der Waals surface area contributed by atoms with Crippen LogP contribution < -0.4 is 11.3 Å². The van der Waals surface area contributed by atoms with Crippen molar-refractivity contribution in [3.05, 3.63) is 64.7 Å². The van der Waals surface area contributed by atoms with Crippen LogP contribution in [0.4, 0.5) is 8.78 Å². The van der Waals surface area contributed by atoms with Crippen molar-refractivity contribution in [1.82, 2.24) is 5.43 Å². The summed E-state index contributed by atoms with van der Waals surface area (Å²) >= 11 is 1.31. The Morgan fingerprint density at radius 1 is 1.14 bits per heavy atom. The lowest BCUT2D eigenvalue weighted by Crippen LogP contribution is -2.31. The number of hydrogen-bond acceptors (Lipinski definition) is 3. The molecule has 0 aliphatic rings. The molecule has 0 aromatic heterocycles. The molecule has 2 aromatic rings. The Morgan fingerprint density at radius 2 is 1.86 bits per heavy atom. The minimum absolute atomic E-state index is 0.278. The van der Waals surface area contributed by atoms with Gasteiger partial charge in [-0.3, -0.25) is 11.3 Å². The molecule has 0 spiro atoms. The Hall–Kier alpha value is -1.43. The van der Waals surface area contributed by atoms with Gasteiger partial charge >= 0.3 is 0 Å². The molecule has 0 heterocycles. The zero-order valence-corrected chi connectivity index (χ0v) is 12.8. The zero-order valence-electron chi connectivity index (χ0n) is 12.0. The lowest BCUT2D eigenvalue weighted by molar-refractivity contribution is 0.542. The van der Waals surface area contributed by atoms with Gasteiger partial charge in [0.2, 0.25) is 0 Å². The van der Waals surface area contributed by atoms with Crippen molar-refractivity contribution in [1.29, 1.82) is 0 Å². The van der Waals surface area contributed by atoms with Crippen LogP contribution in [0.15, 0.2) is 41.3 Å². The summed E-state index contributed by atoms with van der Waals surface area (Å²) in [4.78, 5) is 0.530. The summed E-state index contributed by atoms with van der Waals surface area (Å²) in [7, 11) is 0. The molecule has 0 fully saturated rings. The van der Waals surface area contributed by atoms with Crippen molar-refractivity contribution in [3.8, 4) is 0 Å². The van der Waals surface area contributed by atoms with Crippen molar-refractivity contribution in [2.45, 2.75) is 24.8 Å². The van der Waals surface area contributed by atoms with E-state index in [0.717, 1.165) is 11.1 Å². The molecule has 2 nitrogen and oxygen atoms in total. The van der Waals surface area contributed by atoms with Gasteiger partial charge in [0.05, 0.1) is 6.04 Å². The molecule has 0 saturated carbocycles. The quantitative estimate of drug-likeness (QED) is 0.500. The Balaban J connectivity index is 2.20. The van der Waals surface area contributed by atoms with Crippen molar-refractivity contribution < 1.29 is 8.78 Å². The van der Waals surface area contributed by atoms with E-state index in [4.69, 9.17) is 5.84 Å². The second kappa shape index (κ2) is 7.02. The summed E-state index contributed by atoms with van der Waals surface area (Å²) in [6.45, 7) is 3.70. The van der Waals surface area contributed by atoms with Crippen LogP contribution in [0.5, 0.6) is 0 Å². The number of nitrogens with one attached hydrogen (secondary N) is 1. The molecular formula is C16H18F2N2S. The molecule has 2 rings (SSSR count). The highest BCUT2D eigenvalue weighted by Crippen LogP contribution is 2.29. The fourth-order valence-corrected chi connectivity index (χ4v) is 3.31. The predicted octanol–water partition coefficient (Wildman–Crippen LogP) is 3.88. The van der Waals surface area contributed by atoms with E-state index in [1.165, 1.54) is 23.9 Å². The third-order valence-corrected chi connectivity index (χ3v) is 4.41. The molecule has 0 aliphatic heterocycles. The lowest BCUT2D eigenvalue weighted by Gasteiger charge is -2.19. The van der Waals surface area contributed by atoms with Crippen LogP contribution in [-0.2, 0) is 0 Å². The average Bonchev–Trinajstić information content (AvgIpc) is 2.43. The molecule has 0 saturated heterocycles. The number of benzene rings is 2. The van der Waals surface area contributed by atoms with Crippen LogP contribution in [0, 0.1) is 25.5 Å². The van der Waals surface area contributed by atoms with Crippen molar-refractivity contribution >= 4 is 11.8 Å². The number of halogens is 2. The maximum absolute atomic E-state index is 14.2. The van der Waals surface area contributed by atoms with Crippen molar-refractivity contribution in [3.63, 3.8) is 0 Å². The number of aryl methyl sites for hydroxylation is 2. The van der Waals surface area contributed by atoms with Gasteiger partial charge in [0.1, 0.15) is 11.6 Å². The van der Waals surface area contributed by atoms with Gasteiger partial charge in [-0.2, -0.15) is 0 Å². The SMILES string of the molecule is Cc1cc(C)c(C(CSc2ccccc2F)NN)c(F)c1. The second-order valence-corrected chi connectivity index (χ2v) is 6.00. The molecule has 1 unspecified atom stereocenters. The number of thioether (sulfide) groups is 1. The first kappa shape index (κ1) is 15.9. The number of hydrogen-bond donors (Lipinski definition) is 2. The number of hydrazine groups is 1. The Labute approximate surface area is 127 Å². The molecule has 0 bridgehead atoms. The maximum atomic E-state index is 14.2. The van der Waals surface area contributed by atoms with Gasteiger partial charge in [-0.1, -0.05) is 18.2 Å². The standard InChI is InChI=1S/C16H18F2N2S/c1-10-7-11(2)16(13(18)8-10)14(20-19)9-21-15-6-4-3-5-12(15)17/h3-8,14,20H,9,19H2,1-2H3. The van der Waals surface area contributed by atoms with E-state index in [9.17, 15) is 8.78 Å². The van der Waals surface area contributed by atoms with E-state index < -0.39 is 0 Å². The highest BCUT2D eigenvalue weighted by atomic mass is 32.2. The van der Waals surface area contributed by atoms with Crippen molar-refractivity contribution in [2.24, 2.45) is 5.84 Å². The number of rotatable bonds is 5. The van der Waals surface area contributed by atoms with Gasteiger partial charge in [0, 0.05) is 16.2 Å². The van der Waals surface area contributed by atoms with Crippen molar-refractivity contribution in [2.75, 3.05) is 5.75 Å². The fourth-order valence-electron chi connectivity index (χ4n) is 2.32. The zero-order chi connectivity index (χ0) is 15.4. The van der Waals surface area contributed by atoms with Crippen LogP contribution in [-0.4, -0.2) is 5.75 Å². The minimum Gasteiger partial charge on any atom is -0.271 e. The van der Waals surface area contributed by atoms with Crippen LogP contribution in [0.1, 0.15) is 22.7 Å². The summed E-state index contributed by atoms with van der Waals surface area (Å²) in [6, 6.07) is 9.54. The van der Waals surface area contributed by atoms with Gasteiger partial charge in [-0.05, 0) is 43.2 Å². The van der Waals surface area contributed by atoms with Crippen LogP contribution in [0.2, 0.25) is 0 Å². The molecule has 3 N–H and O–H groups in total. The molecule has 0 aliphatic carbocycles. The third-order valence-electron chi connectivity index (χ3n) is 3.27. The highest BCUT2D eigenvalue weighted by Gasteiger charge is 2.18. The third kappa shape index (κ3) is 3.81. The molecule has 0 radical (unpaired) electrons. The minimum atomic E-state index is -0.379. The molecular weight excluding hydrogens is 290 g/mol. The number of nitrogens with two attached hydrogens (primary N) is 1. The van der Waals surface area contributed by atoms with E-state index in [1.54, 1.807) is 18.2 Å². The lowest BCUT2D eigenvalue weighted by atomic mass is 10.00. The molecule has 112 valence electrons. The fraction of sp³-hybridized carbons (Fsp3) is 0.250.